The van der Waals surface area contributed by atoms with Gasteiger partial charge in [-0.1, -0.05) is 80.4 Å². The van der Waals surface area contributed by atoms with Crippen LogP contribution in [-0.4, -0.2) is 92.0 Å². The van der Waals surface area contributed by atoms with Crippen LogP contribution in [-0.2, 0) is 44.7 Å². The minimum atomic E-state index is -1.03. The van der Waals surface area contributed by atoms with E-state index in [-0.39, 0.29) is 24.6 Å². The summed E-state index contributed by atoms with van der Waals surface area (Å²) < 4.78 is 17.4. The topological polar surface area (TPSA) is 170 Å². The fourth-order valence-corrected chi connectivity index (χ4v) is 8.79. The predicted molar refractivity (Wildman–Crippen MR) is 273 cm³/mol. The van der Waals surface area contributed by atoms with Gasteiger partial charge in [0.25, 0.3) is 11.8 Å². The maximum absolute atomic E-state index is 13.9. The van der Waals surface area contributed by atoms with Gasteiger partial charge in [0.05, 0.1) is 0 Å². The molecule has 2 heterocycles. The molecule has 4 amide bonds. The highest BCUT2D eigenvalue weighted by Gasteiger charge is 2.26. The Hall–Kier alpha value is -4.36. The van der Waals surface area contributed by atoms with Crippen molar-refractivity contribution in [2.75, 3.05) is 46.1 Å². The maximum atomic E-state index is 13.9. The molecule has 2 aromatic rings. The number of amides is 4. The van der Waals surface area contributed by atoms with E-state index >= 15 is 0 Å². The molecule has 3 unspecified atom stereocenters. The third-order valence-electron chi connectivity index (χ3n) is 12.0. The van der Waals surface area contributed by atoms with Crippen molar-refractivity contribution in [3.63, 3.8) is 0 Å². The standard InChI is InChI=1S/C55H90N6O7/c1-36(2)27-44-31-42(32-45(59-44)28-37(3)4)52(62)58-35-51(61-53(63)43-33-46(29-38(5)6)60-47(34-43)30-39(7)8)54(64)56-21-14-23-66-25-16-26-67-24-15-22-57-55(65)68-48-17-13-18-49(40(9)10)50(20-19-48)41(11)12/h31-34,36-40,48-49,51H,13-30,35H2,1-12H3,(H,56,64)(H,57,65)(H,58,62)(H,61,63). The molecular weight excluding hydrogens is 857 g/mol. The van der Waals surface area contributed by atoms with Gasteiger partial charge < -0.3 is 35.5 Å². The Bertz CT molecular complexity index is 1830. The zero-order valence-corrected chi connectivity index (χ0v) is 44.1. The molecule has 1 saturated carbocycles. The number of nitrogens with zero attached hydrogens (tertiary/aromatic N) is 2. The van der Waals surface area contributed by atoms with Gasteiger partial charge in [-0.2, -0.15) is 0 Å². The van der Waals surface area contributed by atoms with E-state index in [1.54, 1.807) is 12.1 Å². The number of alkyl carbamates (subject to hydrolysis) is 1. The number of hydrogen-bond acceptors (Lipinski definition) is 9. The van der Waals surface area contributed by atoms with Crippen LogP contribution < -0.4 is 21.3 Å². The van der Waals surface area contributed by atoms with Gasteiger partial charge in [-0.25, -0.2) is 4.79 Å². The number of nitrogens with one attached hydrogen (secondary N) is 4. The second-order valence-corrected chi connectivity index (χ2v) is 21.2. The van der Waals surface area contributed by atoms with Crippen molar-refractivity contribution in [1.82, 2.24) is 31.2 Å². The molecule has 1 aliphatic carbocycles. The molecule has 0 saturated heterocycles. The van der Waals surface area contributed by atoms with E-state index in [1.807, 2.05) is 12.1 Å². The number of carbonyl (C=O) groups excluding carboxylic acids is 4. The molecule has 3 rings (SSSR count). The molecule has 1 fully saturated rings. The lowest BCUT2D eigenvalue weighted by Gasteiger charge is -2.30. The van der Waals surface area contributed by atoms with Crippen LogP contribution in [0.1, 0.15) is 178 Å². The summed E-state index contributed by atoms with van der Waals surface area (Å²) in [6.07, 6.45) is 9.46. The number of hydrogen-bond donors (Lipinski definition) is 4. The molecule has 0 aliphatic heterocycles. The lowest BCUT2D eigenvalue weighted by Crippen LogP contribution is -2.53. The molecular formula is C55H90N6O7. The summed E-state index contributed by atoms with van der Waals surface area (Å²) in [4.78, 5) is 63.5. The van der Waals surface area contributed by atoms with Crippen molar-refractivity contribution < 1.29 is 33.4 Å². The van der Waals surface area contributed by atoms with Crippen molar-refractivity contribution in [2.24, 2.45) is 35.5 Å². The highest BCUT2D eigenvalue weighted by molar-refractivity contribution is 5.98. The van der Waals surface area contributed by atoms with E-state index in [0.717, 1.165) is 80.6 Å². The second-order valence-electron chi connectivity index (χ2n) is 21.2. The Kier molecular flexibility index (Phi) is 26.4. The van der Waals surface area contributed by atoms with Crippen molar-refractivity contribution in [2.45, 2.75) is 172 Å². The molecule has 0 bridgehead atoms. The number of rotatable bonds is 28. The number of ether oxygens (including phenoxy) is 3. The van der Waals surface area contributed by atoms with Gasteiger partial charge in [0.2, 0.25) is 5.91 Å². The van der Waals surface area contributed by atoms with E-state index < -0.39 is 17.9 Å². The van der Waals surface area contributed by atoms with Crippen LogP contribution in [0, 0.1) is 35.5 Å². The molecule has 3 atom stereocenters. The van der Waals surface area contributed by atoms with Crippen LogP contribution in [0.2, 0.25) is 0 Å². The fourth-order valence-electron chi connectivity index (χ4n) is 8.79. The summed E-state index contributed by atoms with van der Waals surface area (Å²) in [6.45, 7) is 28.7. The minimum absolute atomic E-state index is 0.0523. The van der Waals surface area contributed by atoms with Crippen LogP contribution in [0.25, 0.3) is 0 Å². The summed E-state index contributed by atoms with van der Waals surface area (Å²) in [5.41, 5.74) is 7.24. The molecule has 1 aliphatic rings. The van der Waals surface area contributed by atoms with Gasteiger partial charge in [-0.05, 0) is 151 Å². The Morgan fingerprint density at radius 1 is 0.603 bits per heavy atom. The van der Waals surface area contributed by atoms with Crippen molar-refractivity contribution in [1.29, 1.82) is 0 Å². The summed E-state index contributed by atoms with van der Waals surface area (Å²) in [6, 6.07) is 6.21. The average molecular weight is 947 g/mol. The van der Waals surface area contributed by atoms with Crippen LogP contribution in [0.3, 0.4) is 0 Å². The highest BCUT2D eigenvalue weighted by Crippen LogP contribution is 2.35. The zero-order chi connectivity index (χ0) is 50.2. The van der Waals surface area contributed by atoms with E-state index in [2.05, 4.69) is 104 Å². The number of aromatic nitrogens is 2. The second kappa shape index (κ2) is 31.0. The number of allylic oxidation sites excluding steroid dienone is 2. The van der Waals surface area contributed by atoms with E-state index in [4.69, 9.17) is 24.2 Å². The zero-order valence-electron chi connectivity index (χ0n) is 44.1. The quantitative estimate of drug-likeness (QED) is 0.0479. The monoisotopic (exact) mass is 947 g/mol. The molecule has 0 spiro atoms. The van der Waals surface area contributed by atoms with E-state index in [1.165, 1.54) is 11.1 Å². The molecule has 2 aromatic heterocycles. The molecule has 13 heteroatoms. The van der Waals surface area contributed by atoms with Gasteiger partial charge >= 0.3 is 6.09 Å². The van der Waals surface area contributed by atoms with Gasteiger partial charge in [-0.3, -0.25) is 24.4 Å². The summed E-state index contributed by atoms with van der Waals surface area (Å²) in [5, 5.41) is 11.7. The number of pyridine rings is 2. The van der Waals surface area contributed by atoms with Crippen molar-refractivity contribution in [3.05, 3.63) is 69.3 Å². The summed E-state index contributed by atoms with van der Waals surface area (Å²) in [5.74, 6) is 1.55. The Morgan fingerprint density at radius 3 is 1.54 bits per heavy atom. The Morgan fingerprint density at radius 2 is 1.07 bits per heavy atom. The molecule has 0 aromatic carbocycles. The minimum Gasteiger partial charge on any atom is -0.446 e. The van der Waals surface area contributed by atoms with Gasteiger partial charge in [-0.15, -0.1) is 0 Å². The average Bonchev–Trinajstić information content (AvgIpc) is 3.23. The SMILES string of the molecule is CC(C)=C1CCC(OC(=O)NCCCOCCCOCCCNC(=O)C(CNC(=O)c2cc(CC(C)C)nc(CC(C)C)c2)NC(=O)c2cc(CC(C)C)nc(CC(C)C)c2)CCCC1C(C)C. The highest BCUT2D eigenvalue weighted by atomic mass is 16.6. The molecule has 382 valence electrons. The first-order chi connectivity index (χ1) is 32.3. The number of carbonyl (C=O) groups is 4. The lowest BCUT2D eigenvalue weighted by molar-refractivity contribution is -0.122. The van der Waals surface area contributed by atoms with Crippen LogP contribution in [0.4, 0.5) is 4.79 Å². The van der Waals surface area contributed by atoms with Crippen LogP contribution in [0.15, 0.2) is 35.4 Å². The van der Waals surface area contributed by atoms with E-state index in [9.17, 15) is 19.2 Å². The Balaban J connectivity index is 1.46. The molecule has 68 heavy (non-hydrogen) atoms. The van der Waals surface area contributed by atoms with Gasteiger partial charge in [0.15, 0.2) is 0 Å². The molecule has 13 nitrogen and oxygen atoms in total. The fraction of sp³-hybridized carbons (Fsp3) is 0.709. The Labute approximate surface area is 410 Å². The molecule has 4 N–H and O–H groups in total. The summed E-state index contributed by atoms with van der Waals surface area (Å²) in [7, 11) is 0. The summed E-state index contributed by atoms with van der Waals surface area (Å²) >= 11 is 0. The molecule has 0 radical (unpaired) electrons. The van der Waals surface area contributed by atoms with Crippen molar-refractivity contribution >= 4 is 23.8 Å². The first-order valence-electron chi connectivity index (χ1n) is 25.9. The first kappa shape index (κ1) is 58.0. The smallest absolute Gasteiger partial charge is 0.407 e. The maximum Gasteiger partial charge on any atom is 0.407 e. The third kappa shape index (κ3) is 22.8. The first-order valence-corrected chi connectivity index (χ1v) is 25.9. The normalized spacial score (nSPS) is 15.9. The largest absolute Gasteiger partial charge is 0.446 e. The predicted octanol–water partition coefficient (Wildman–Crippen LogP) is 9.79. The van der Waals surface area contributed by atoms with Crippen LogP contribution in [0.5, 0.6) is 0 Å². The van der Waals surface area contributed by atoms with E-state index in [0.29, 0.717) is 105 Å². The van der Waals surface area contributed by atoms with Crippen molar-refractivity contribution in [3.8, 4) is 0 Å². The van der Waals surface area contributed by atoms with Crippen LogP contribution >= 0.6 is 0 Å². The third-order valence-corrected chi connectivity index (χ3v) is 12.0. The van der Waals surface area contributed by atoms with Gasteiger partial charge in [0.1, 0.15) is 12.1 Å². The lowest BCUT2D eigenvalue weighted by atomic mass is 9.77. The van der Waals surface area contributed by atoms with Gasteiger partial charge in [0, 0.05) is 80.0 Å².